The molecule has 1 aliphatic heterocycles. The van der Waals surface area contributed by atoms with E-state index < -0.39 is 9.84 Å². The molecule has 0 spiro atoms. The third-order valence-electron chi connectivity index (χ3n) is 4.90. The Labute approximate surface area is 165 Å². The van der Waals surface area contributed by atoms with Gasteiger partial charge >= 0.3 is 0 Å². The highest BCUT2D eigenvalue weighted by atomic mass is 35.5. The van der Waals surface area contributed by atoms with Crippen molar-refractivity contribution in [3.8, 4) is 6.07 Å². The summed E-state index contributed by atoms with van der Waals surface area (Å²) in [7, 11) is -3.16. The van der Waals surface area contributed by atoms with Gasteiger partial charge in [0.2, 0.25) is 0 Å². The molecule has 142 valence electrons. The minimum absolute atomic E-state index is 0.114. The molecule has 0 atom stereocenters. The molecule has 0 aromatic heterocycles. The minimum Gasteiger partial charge on any atom is -0.382 e. The zero-order valence-corrected chi connectivity index (χ0v) is 16.7. The number of anilines is 2. The number of rotatable bonds is 5. The summed E-state index contributed by atoms with van der Waals surface area (Å²) in [6.45, 7) is 3.44. The predicted octanol–water partition coefficient (Wildman–Crippen LogP) is 4.09. The normalized spacial score (nSPS) is 15.4. The van der Waals surface area contributed by atoms with Crippen molar-refractivity contribution in [3.63, 3.8) is 0 Å². The second-order valence-electron chi connectivity index (χ2n) is 6.61. The SMILES string of the molecule is CCS(=O)(=O)c1ccc(N2CCC(Nc3ccc(C#N)c(Cl)c3)CC2)cc1. The number of nitriles is 1. The van der Waals surface area contributed by atoms with E-state index >= 15 is 0 Å². The molecular formula is C20H22ClN3O2S. The average molecular weight is 404 g/mol. The first-order chi connectivity index (χ1) is 12.9. The zero-order valence-electron chi connectivity index (χ0n) is 15.2. The van der Waals surface area contributed by atoms with Crippen molar-refractivity contribution in [1.82, 2.24) is 0 Å². The van der Waals surface area contributed by atoms with E-state index in [0.29, 0.717) is 21.5 Å². The van der Waals surface area contributed by atoms with Crippen LogP contribution in [0.4, 0.5) is 11.4 Å². The van der Waals surface area contributed by atoms with Gasteiger partial charge in [-0.15, -0.1) is 0 Å². The number of hydrogen-bond acceptors (Lipinski definition) is 5. The van der Waals surface area contributed by atoms with Gasteiger partial charge in [-0.05, 0) is 55.3 Å². The molecule has 27 heavy (non-hydrogen) atoms. The molecule has 1 fully saturated rings. The largest absolute Gasteiger partial charge is 0.382 e. The first kappa shape index (κ1) is 19.5. The first-order valence-electron chi connectivity index (χ1n) is 8.97. The maximum Gasteiger partial charge on any atom is 0.178 e. The van der Waals surface area contributed by atoms with Gasteiger partial charge in [-0.3, -0.25) is 0 Å². The average Bonchev–Trinajstić information content (AvgIpc) is 2.69. The van der Waals surface area contributed by atoms with Gasteiger partial charge in [0.1, 0.15) is 6.07 Å². The molecule has 1 N–H and O–H groups in total. The Morgan fingerprint density at radius 2 is 1.85 bits per heavy atom. The van der Waals surface area contributed by atoms with Gasteiger partial charge in [-0.2, -0.15) is 5.26 Å². The van der Waals surface area contributed by atoms with E-state index in [9.17, 15) is 8.42 Å². The first-order valence-corrected chi connectivity index (χ1v) is 11.0. The highest BCUT2D eigenvalue weighted by Crippen LogP contribution is 2.25. The second kappa shape index (κ2) is 8.20. The summed E-state index contributed by atoms with van der Waals surface area (Å²) < 4.78 is 23.8. The van der Waals surface area contributed by atoms with Crippen molar-refractivity contribution >= 4 is 32.8 Å². The lowest BCUT2D eigenvalue weighted by Gasteiger charge is -2.34. The number of piperidine rings is 1. The van der Waals surface area contributed by atoms with Gasteiger partial charge in [0.15, 0.2) is 9.84 Å². The predicted molar refractivity (Wildman–Crippen MR) is 109 cm³/mol. The Kier molecular flexibility index (Phi) is 5.93. The number of nitrogens with one attached hydrogen (secondary N) is 1. The standard InChI is InChI=1S/C20H22ClN3O2S/c1-2-27(25,26)19-7-5-18(6-8-19)24-11-9-16(10-12-24)23-17-4-3-15(14-22)20(21)13-17/h3-8,13,16,23H,2,9-12H2,1H3. The van der Waals surface area contributed by atoms with E-state index in [1.54, 1.807) is 31.2 Å². The molecule has 0 bridgehead atoms. The molecule has 0 saturated carbocycles. The van der Waals surface area contributed by atoms with Gasteiger partial charge in [-0.1, -0.05) is 18.5 Å². The Bertz CT molecular complexity index is 944. The van der Waals surface area contributed by atoms with Gasteiger partial charge in [0.05, 0.1) is 21.2 Å². The van der Waals surface area contributed by atoms with Crippen molar-refractivity contribution in [2.75, 3.05) is 29.1 Å². The maximum atomic E-state index is 11.9. The van der Waals surface area contributed by atoms with Crippen LogP contribution in [-0.4, -0.2) is 33.3 Å². The highest BCUT2D eigenvalue weighted by Gasteiger charge is 2.20. The Hall–Kier alpha value is -2.23. The van der Waals surface area contributed by atoms with E-state index in [1.165, 1.54) is 0 Å². The van der Waals surface area contributed by atoms with Crippen LogP contribution < -0.4 is 10.2 Å². The molecule has 0 amide bonds. The van der Waals surface area contributed by atoms with Crippen LogP contribution in [0.3, 0.4) is 0 Å². The third-order valence-corrected chi connectivity index (χ3v) is 6.96. The summed E-state index contributed by atoms with van der Waals surface area (Å²) in [5.74, 6) is 0.114. The van der Waals surface area contributed by atoms with Crippen LogP contribution in [0.25, 0.3) is 0 Å². The van der Waals surface area contributed by atoms with Gasteiger partial charge < -0.3 is 10.2 Å². The van der Waals surface area contributed by atoms with E-state index in [0.717, 1.165) is 37.3 Å². The highest BCUT2D eigenvalue weighted by molar-refractivity contribution is 7.91. The lowest BCUT2D eigenvalue weighted by molar-refractivity contribution is 0.526. The lowest BCUT2D eigenvalue weighted by Crippen LogP contribution is -2.39. The Balaban J connectivity index is 1.59. The van der Waals surface area contributed by atoms with Crippen LogP contribution >= 0.6 is 11.6 Å². The molecule has 5 nitrogen and oxygen atoms in total. The van der Waals surface area contributed by atoms with Crippen LogP contribution in [-0.2, 0) is 9.84 Å². The van der Waals surface area contributed by atoms with Gasteiger partial charge in [0.25, 0.3) is 0 Å². The van der Waals surface area contributed by atoms with Crippen molar-refractivity contribution in [2.24, 2.45) is 0 Å². The van der Waals surface area contributed by atoms with E-state index in [2.05, 4.69) is 16.3 Å². The molecule has 7 heteroatoms. The molecule has 0 radical (unpaired) electrons. The Morgan fingerprint density at radius 1 is 1.19 bits per heavy atom. The number of sulfone groups is 1. The van der Waals surface area contributed by atoms with Crippen molar-refractivity contribution in [1.29, 1.82) is 5.26 Å². The lowest BCUT2D eigenvalue weighted by atomic mass is 10.0. The van der Waals surface area contributed by atoms with Crippen molar-refractivity contribution in [2.45, 2.75) is 30.7 Å². The fraction of sp³-hybridized carbons (Fsp3) is 0.350. The topological polar surface area (TPSA) is 73.2 Å². The van der Waals surface area contributed by atoms with Crippen LogP contribution in [0.1, 0.15) is 25.3 Å². The summed E-state index contributed by atoms with van der Waals surface area (Å²) >= 11 is 6.09. The molecule has 1 heterocycles. The van der Waals surface area contributed by atoms with Crippen molar-refractivity contribution in [3.05, 3.63) is 53.1 Å². The smallest absolute Gasteiger partial charge is 0.178 e. The molecular weight excluding hydrogens is 382 g/mol. The van der Waals surface area contributed by atoms with Gasteiger partial charge in [-0.25, -0.2) is 8.42 Å². The van der Waals surface area contributed by atoms with Crippen LogP contribution in [0, 0.1) is 11.3 Å². The van der Waals surface area contributed by atoms with Crippen LogP contribution in [0.5, 0.6) is 0 Å². The molecule has 3 rings (SSSR count). The summed E-state index contributed by atoms with van der Waals surface area (Å²) in [4.78, 5) is 2.65. The monoisotopic (exact) mass is 403 g/mol. The minimum atomic E-state index is -3.16. The number of halogens is 1. The molecule has 1 saturated heterocycles. The van der Waals surface area contributed by atoms with Gasteiger partial charge in [0, 0.05) is 30.5 Å². The van der Waals surface area contributed by atoms with Crippen molar-refractivity contribution < 1.29 is 8.42 Å². The Morgan fingerprint density at radius 3 is 2.41 bits per heavy atom. The molecule has 0 aliphatic carbocycles. The fourth-order valence-corrected chi connectivity index (χ4v) is 4.35. The van der Waals surface area contributed by atoms with E-state index in [-0.39, 0.29) is 5.75 Å². The van der Waals surface area contributed by atoms with E-state index in [1.807, 2.05) is 18.2 Å². The zero-order chi connectivity index (χ0) is 19.4. The molecule has 2 aromatic rings. The number of benzene rings is 2. The summed E-state index contributed by atoms with van der Waals surface area (Å²) in [6, 6.07) is 15.0. The quantitative estimate of drug-likeness (QED) is 0.814. The number of nitrogens with zero attached hydrogens (tertiary/aromatic N) is 2. The van der Waals surface area contributed by atoms with Crippen LogP contribution in [0.2, 0.25) is 5.02 Å². The van der Waals surface area contributed by atoms with Crippen LogP contribution in [0.15, 0.2) is 47.4 Å². The number of hydrogen-bond donors (Lipinski definition) is 1. The molecule has 0 unspecified atom stereocenters. The molecule has 2 aromatic carbocycles. The third kappa shape index (κ3) is 4.55. The summed E-state index contributed by atoms with van der Waals surface area (Å²) in [6.07, 6.45) is 1.93. The fourth-order valence-electron chi connectivity index (χ4n) is 3.24. The second-order valence-corrected chi connectivity index (χ2v) is 9.29. The summed E-state index contributed by atoms with van der Waals surface area (Å²) in [5.41, 5.74) is 2.45. The molecule has 1 aliphatic rings. The summed E-state index contributed by atoms with van der Waals surface area (Å²) in [5, 5.41) is 12.9. The maximum absolute atomic E-state index is 11.9. The van der Waals surface area contributed by atoms with E-state index in [4.69, 9.17) is 16.9 Å².